The first-order valence-corrected chi connectivity index (χ1v) is 7.14. The standard InChI is InChI=1S/C13H19Cl2N3/c1-18-6-3-10(4-7-18)2-5-16-13-12(15)8-11(14)9-17-13/h8-10H,2-7H2,1H3,(H,16,17). The molecule has 1 saturated heterocycles. The molecule has 0 aliphatic carbocycles. The van der Waals surface area contributed by atoms with Crippen LogP contribution in [0.15, 0.2) is 12.3 Å². The quantitative estimate of drug-likeness (QED) is 0.918. The van der Waals surface area contributed by atoms with Crippen molar-refractivity contribution in [3.8, 4) is 0 Å². The van der Waals surface area contributed by atoms with E-state index in [4.69, 9.17) is 23.2 Å². The van der Waals surface area contributed by atoms with E-state index in [-0.39, 0.29) is 0 Å². The number of likely N-dealkylation sites (tertiary alicyclic amines) is 1. The van der Waals surface area contributed by atoms with Crippen LogP contribution in [0.25, 0.3) is 0 Å². The minimum absolute atomic E-state index is 0.570. The monoisotopic (exact) mass is 287 g/mol. The highest BCUT2D eigenvalue weighted by atomic mass is 35.5. The Kier molecular flexibility index (Phi) is 5.10. The Hall–Kier alpha value is -0.510. The summed E-state index contributed by atoms with van der Waals surface area (Å²) in [7, 11) is 2.19. The van der Waals surface area contributed by atoms with Crippen LogP contribution in [-0.4, -0.2) is 36.6 Å². The molecular formula is C13H19Cl2N3. The average Bonchev–Trinajstić information content (AvgIpc) is 2.34. The minimum atomic E-state index is 0.570. The third-order valence-electron chi connectivity index (χ3n) is 3.49. The zero-order valence-corrected chi connectivity index (χ0v) is 12.1. The molecule has 0 atom stereocenters. The molecule has 1 fully saturated rings. The van der Waals surface area contributed by atoms with E-state index in [1.165, 1.54) is 32.4 Å². The number of aromatic nitrogens is 1. The second-order valence-corrected chi connectivity index (χ2v) is 5.79. The summed E-state index contributed by atoms with van der Waals surface area (Å²) in [5.41, 5.74) is 0. The highest BCUT2D eigenvalue weighted by Gasteiger charge is 2.16. The molecule has 5 heteroatoms. The second kappa shape index (κ2) is 6.60. The molecule has 1 aromatic rings. The molecule has 3 nitrogen and oxygen atoms in total. The van der Waals surface area contributed by atoms with Crippen molar-refractivity contribution in [2.45, 2.75) is 19.3 Å². The van der Waals surface area contributed by atoms with Gasteiger partial charge in [0.15, 0.2) is 0 Å². The molecule has 1 aliphatic heterocycles. The molecule has 1 aromatic heterocycles. The van der Waals surface area contributed by atoms with Crippen LogP contribution in [0.4, 0.5) is 5.82 Å². The summed E-state index contributed by atoms with van der Waals surface area (Å²) < 4.78 is 0. The number of pyridine rings is 1. The van der Waals surface area contributed by atoms with Crippen molar-refractivity contribution in [1.29, 1.82) is 0 Å². The van der Waals surface area contributed by atoms with Gasteiger partial charge in [0.25, 0.3) is 0 Å². The van der Waals surface area contributed by atoms with E-state index in [2.05, 4.69) is 22.2 Å². The van der Waals surface area contributed by atoms with Crippen molar-refractivity contribution in [2.75, 3.05) is 32.0 Å². The van der Waals surface area contributed by atoms with Crippen LogP contribution in [-0.2, 0) is 0 Å². The van der Waals surface area contributed by atoms with E-state index < -0.39 is 0 Å². The Morgan fingerprint density at radius 2 is 2.11 bits per heavy atom. The van der Waals surface area contributed by atoms with Gasteiger partial charge in [-0.1, -0.05) is 23.2 Å². The number of nitrogens with one attached hydrogen (secondary N) is 1. The first-order chi connectivity index (χ1) is 8.65. The largest absolute Gasteiger partial charge is 0.369 e. The van der Waals surface area contributed by atoms with Gasteiger partial charge in [0.1, 0.15) is 5.82 Å². The summed E-state index contributed by atoms with van der Waals surface area (Å²) in [4.78, 5) is 6.58. The molecule has 18 heavy (non-hydrogen) atoms. The van der Waals surface area contributed by atoms with E-state index in [1.54, 1.807) is 12.3 Å². The molecule has 0 radical (unpaired) electrons. The van der Waals surface area contributed by atoms with Crippen molar-refractivity contribution in [1.82, 2.24) is 9.88 Å². The Balaban J connectivity index is 1.75. The van der Waals surface area contributed by atoms with Gasteiger partial charge >= 0.3 is 0 Å². The van der Waals surface area contributed by atoms with E-state index in [0.717, 1.165) is 18.3 Å². The molecule has 0 amide bonds. The maximum atomic E-state index is 6.05. The van der Waals surface area contributed by atoms with E-state index >= 15 is 0 Å². The summed E-state index contributed by atoms with van der Waals surface area (Å²) in [5.74, 6) is 1.55. The molecule has 0 bridgehead atoms. The van der Waals surface area contributed by atoms with Crippen LogP contribution in [0.3, 0.4) is 0 Å². The van der Waals surface area contributed by atoms with Crippen molar-refractivity contribution in [3.05, 3.63) is 22.3 Å². The van der Waals surface area contributed by atoms with Crippen LogP contribution in [0, 0.1) is 5.92 Å². The van der Waals surface area contributed by atoms with Crippen LogP contribution < -0.4 is 5.32 Å². The molecule has 0 unspecified atom stereocenters. The first kappa shape index (κ1) is 13.9. The van der Waals surface area contributed by atoms with Crippen LogP contribution in [0.2, 0.25) is 10.0 Å². The summed E-state index contributed by atoms with van der Waals surface area (Å²) >= 11 is 11.9. The Bertz CT molecular complexity index is 390. The fourth-order valence-corrected chi connectivity index (χ4v) is 2.74. The molecule has 1 aliphatic rings. The minimum Gasteiger partial charge on any atom is -0.369 e. The highest BCUT2D eigenvalue weighted by molar-refractivity contribution is 6.35. The number of hydrogen-bond donors (Lipinski definition) is 1. The summed E-state index contributed by atoms with van der Waals surface area (Å²) in [6.45, 7) is 3.35. The summed E-state index contributed by atoms with van der Waals surface area (Å²) in [5, 5.41) is 4.44. The lowest BCUT2D eigenvalue weighted by molar-refractivity contribution is 0.215. The van der Waals surface area contributed by atoms with Crippen molar-refractivity contribution in [3.63, 3.8) is 0 Å². The first-order valence-electron chi connectivity index (χ1n) is 6.38. The topological polar surface area (TPSA) is 28.2 Å². The molecule has 0 saturated carbocycles. The zero-order chi connectivity index (χ0) is 13.0. The third kappa shape index (κ3) is 4.01. The number of hydrogen-bond acceptors (Lipinski definition) is 3. The van der Waals surface area contributed by atoms with Gasteiger partial charge in [0.05, 0.1) is 10.0 Å². The summed E-state index contributed by atoms with van der Waals surface area (Å²) in [6, 6.07) is 1.72. The maximum absolute atomic E-state index is 6.05. The van der Waals surface area contributed by atoms with Crippen molar-refractivity contribution < 1.29 is 0 Å². The number of halogens is 2. The van der Waals surface area contributed by atoms with Crippen LogP contribution in [0.1, 0.15) is 19.3 Å². The smallest absolute Gasteiger partial charge is 0.144 e. The van der Waals surface area contributed by atoms with Crippen molar-refractivity contribution in [2.24, 2.45) is 5.92 Å². The number of rotatable bonds is 4. The van der Waals surface area contributed by atoms with E-state index in [9.17, 15) is 0 Å². The summed E-state index contributed by atoms with van der Waals surface area (Å²) in [6.07, 6.45) is 5.37. The SMILES string of the molecule is CN1CCC(CCNc2ncc(Cl)cc2Cl)CC1. The molecule has 0 aromatic carbocycles. The van der Waals surface area contributed by atoms with Gasteiger partial charge in [0, 0.05) is 12.7 Å². The lowest BCUT2D eigenvalue weighted by Crippen LogP contribution is -2.30. The van der Waals surface area contributed by atoms with Gasteiger partial charge in [-0.05, 0) is 51.4 Å². The van der Waals surface area contributed by atoms with Gasteiger partial charge in [-0.25, -0.2) is 4.98 Å². The average molecular weight is 288 g/mol. The number of nitrogens with zero attached hydrogens (tertiary/aromatic N) is 2. The molecule has 2 rings (SSSR count). The predicted molar refractivity (Wildman–Crippen MR) is 77.6 cm³/mol. The molecule has 2 heterocycles. The van der Waals surface area contributed by atoms with Gasteiger partial charge in [-0.15, -0.1) is 0 Å². The second-order valence-electron chi connectivity index (χ2n) is 4.95. The Morgan fingerprint density at radius 3 is 2.78 bits per heavy atom. The fourth-order valence-electron chi connectivity index (χ4n) is 2.29. The van der Waals surface area contributed by atoms with Gasteiger partial charge in [-0.2, -0.15) is 0 Å². The van der Waals surface area contributed by atoms with Crippen LogP contribution in [0.5, 0.6) is 0 Å². The normalized spacial score (nSPS) is 17.9. The van der Waals surface area contributed by atoms with Crippen LogP contribution >= 0.6 is 23.2 Å². The highest BCUT2D eigenvalue weighted by Crippen LogP contribution is 2.23. The maximum Gasteiger partial charge on any atom is 0.144 e. The Labute approximate surface area is 118 Å². The lowest BCUT2D eigenvalue weighted by atomic mass is 9.94. The van der Waals surface area contributed by atoms with Gasteiger partial charge in [0.2, 0.25) is 0 Å². The lowest BCUT2D eigenvalue weighted by Gasteiger charge is -2.28. The van der Waals surface area contributed by atoms with Gasteiger partial charge < -0.3 is 10.2 Å². The predicted octanol–water partition coefficient (Wildman–Crippen LogP) is 3.53. The fraction of sp³-hybridized carbons (Fsp3) is 0.615. The molecule has 1 N–H and O–H groups in total. The molecule has 0 spiro atoms. The van der Waals surface area contributed by atoms with Gasteiger partial charge in [-0.3, -0.25) is 0 Å². The van der Waals surface area contributed by atoms with E-state index in [0.29, 0.717) is 10.0 Å². The Morgan fingerprint density at radius 1 is 1.39 bits per heavy atom. The number of anilines is 1. The molecular weight excluding hydrogens is 269 g/mol. The zero-order valence-electron chi connectivity index (χ0n) is 10.6. The molecule has 100 valence electrons. The number of piperidine rings is 1. The van der Waals surface area contributed by atoms with E-state index in [1.807, 2.05) is 0 Å². The third-order valence-corrected chi connectivity index (χ3v) is 3.99. The van der Waals surface area contributed by atoms with Crippen molar-refractivity contribution >= 4 is 29.0 Å².